The van der Waals surface area contributed by atoms with Crippen molar-refractivity contribution in [1.82, 2.24) is 0 Å². The van der Waals surface area contributed by atoms with Crippen LogP contribution in [0.5, 0.6) is 5.75 Å². The van der Waals surface area contributed by atoms with Gasteiger partial charge >= 0.3 is 0 Å². The largest absolute Gasteiger partial charge is 0.486 e. The third kappa shape index (κ3) is 2.89. The quantitative estimate of drug-likeness (QED) is 0.846. The Morgan fingerprint density at radius 2 is 2.06 bits per heavy atom. The van der Waals surface area contributed by atoms with Crippen molar-refractivity contribution in [2.45, 2.75) is 19.8 Å². The van der Waals surface area contributed by atoms with Gasteiger partial charge in [-0.25, -0.2) is 0 Å². The van der Waals surface area contributed by atoms with E-state index in [1.165, 1.54) is 25.9 Å². The number of hydrogen-bond donors (Lipinski definition) is 1. The molecule has 2 nitrogen and oxygen atoms in total. The van der Waals surface area contributed by atoms with Gasteiger partial charge in [-0.1, -0.05) is 23.7 Å². The van der Waals surface area contributed by atoms with Gasteiger partial charge in [0.15, 0.2) is 0 Å². The molecule has 1 fully saturated rings. The summed E-state index contributed by atoms with van der Waals surface area (Å²) in [5, 5.41) is 0.719. The molecule has 16 heavy (non-hydrogen) atoms. The average molecular weight is 241 g/mol. The predicted molar refractivity (Wildman–Crippen MR) is 66.5 cm³/mol. The number of rotatable bonds is 4. The highest BCUT2D eigenvalue weighted by atomic mass is 35.5. The topological polar surface area (TPSA) is 13.7 Å². The molecular formula is C13H19ClNO+. The molecule has 1 aromatic rings. The second-order valence-electron chi connectivity index (χ2n) is 4.44. The molecule has 1 aliphatic rings. The van der Waals surface area contributed by atoms with Crippen molar-refractivity contribution in [2.75, 3.05) is 26.2 Å². The minimum atomic E-state index is 0.719. The van der Waals surface area contributed by atoms with Crippen molar-refractivity contribution >= 4 is 11.6 Å². The summed E-state index contributed by atoms with van der Waals surface area (Å²) >= 11 is 6.09. The van der Waals surface area contributed by atoms with Crippen molar-refractivity contribution in [3.8, 4) is 5.75 Å². The molecule has 1 N–H and O–H groups in total. The lowest BCUT2D eigenvalue weighted by molar-refractivity contribution is -0.887. The predicted octanol–water partition coefficient (Wildman–Crippen LogP) is 1.71. The van der Waals surface area contributed by atoms with E-state index in [0.717, 1.165) is 29.5 Å². The van der Waals surface area contributed by atoms with Gasteiger partial charge in [0.2, 0.25) is 0 Å². The van der Waals surface area contributed by atoms with Gasteiger partial charge in [-0.2, -0.15) is 0 Å². The molecule has 0 aromatic heterocycles. The fraction of sp³-hybridized carbons (Fsp3) is 0.538. The molecular weight excluding hydrogens is 222 g/mol. The lowest BCUT2D eigenvalue weighted by atomic mass is 10.2. The second kappa shape index (κ2) is 5.55. The molecule has 0 atom stereocenters. The standard InChI is InChI=1S/C13H18ClNO/c1-11-5-4-6-12(14)13(11)16-10-9-15-7-2-3-8-15/h4-6H,2-3,7-10H2,1H3/p+1. The molecule has 1 heterocycles. The van der Waals surface area contributed by atoms with E-state index in [1.807, 2.05) is 25.1 Å². The molecule has 3 heteroatoms. The molecule has 1 aliphatic heterocycles. The first kappa shape index (κ1) is 11.7. The van der Waals surface area contributed by atoms with Crippen molar-refractivity contribution < 1.29 is 9.64 Å². The van der Waals surface area contributed by atoms with Crippen LogP contribution in [0.25, 0.3) is 0 Å². The van der Waals surface area contributed by atoms with E-state index in [2.05, 4.69) is 0 Å². The van der Waals surface area contributed by atoms with Gasteiger partial charge in [0.1, 0.15) is 18.9 Å². The number of benzene rings is 1. The first-order valence-corrected chi connectivity index (χ1v) is 6.36. The van der Waals surface area contributed by atoms with E-state index in [9.17, 15) is 0 Å². The van der Waals surface area contributed by atoms with Crippen LogP contribution in [0.3, 0.4) is 0 Å². The maximum atomic E-state index is 6.09. The minimum Gasteiger partial charge on any atom is -0.486 e. The molecule has 1 aromatic carbocycles. The molecule has 88 valence electrons. The van der Waals surface area contributed by atoms with Gasteiger partial charge in [0.25, 0.3) is 0 Å². The van der Waals surface area contributed by atoms with E-state index in [1.54, 1.807) is 4.90 Å². The van der Waals surface area contributed by atoms with E-state index in [0.29, 0.717) is 0 Å². The number of para-hydroxylation sites is 1. The lowest BCUT2D eigenvalue weighted by Crippen LogP contribution is -3.10. The SMILES string of the molecule is Cc1cccc(Cl)c1OCC[NH+]1CCCC1. The highest BCUT2D eigenvalue weighted by Gasteiger charge is 2.15. The van der Waals surface area contributed by atoms with Gasteiger partial charge in [-0.3, -0.25) is 0 Å². The van der Waals surface area contributed by atoms with E-state index in [4.69, 9.17) is 16.3 Å². The zero-order valence-electron chi connectivity index (χ0n) is 9.76. The molecule has 2 rings (SSSR count). The Kier molecular flexibility index (Phi) is 4.08. The number of likely N-dealkylation sites (tertiary alicyclic amines) is 1. The molecule has 0 spiro atoms. The third-order valence-electron chi connectivity index (χ3n) is 3.18. The second-order valence-corrected chi connectivity index (χ2v) is 4.85. The third-order valence-corrected chi connectivity index (χ3v) is 3.47. The van der Waals surface area contributed by atoms with Crippen molar-refractivity contribution in [3.63, 3.8) is 0 Å². The van der Waals surface area contributed by atoms with Crippen LogP contribution < -0.4 is 9.64 Å². The zero-order chi connectivity index (χ0) is 11.4. The molecule has 0 bridgehead atoms. The highest BCUT2D eigenvalue weighted by molar-refractivity contribution is 6.32. The summed E-state index contributed by atoms with van der Waals surface area (Å²) in [6.45, 7) is 6.48. The monoisotopic (exact) mass is 240 g/mol. The zero-order valence-corrected chi connectivity index (χ0v) is 10.5. The summed E-state index contributed by atoms with van der Waals surface area (Å²) in [5.74, 6) is 0.850. The molecule has 0 unspecified atom stereocenters. The number of halogens is 1. The number of nitrogens with one attached hydrogen (secondary N) is 1. The van der Waals surface area contributed by atoms with Gasteiger partial charge < -0.3 is 9.64 Å². The summed E-state index contributed by atoms with van der Waals surface area (Å²) in [7, 11) is 0. The first-order valence-electron chi connectivity index (χ1n) is 5.99. The lowest BCUT2D eigenvalue weighted by Gasteiger charge is -2.14. The van der Waals surface area contributed by atoms with Crippen LogP contribution in [-0.2, 0) is 0 Å². The van der Waals surface area contributed by atoms with Gasteiger partial charge in [-0.05, 0) is 18.6 Å². The fourth-order valence-corrected chi connectivity index (χ4v) is 2.50. The van der Waals surface area contributed by atoms with Gasteiger partial charge in [0.05, 0.1) is 18.1 Å². The summed E-state index contributed by atoms with van der Waals surface area (Å²) in [4.78, 5) is 1.66. The van der Waals surface area contributed by atoms with Crippen LogP contribution >= 0.6 is 11.6 Å². The van der Waals surface area contributed by atoms with Crippen LogP contribution in [0.2, 0.25) is 5.02 Å². The summed E-state index contributed by atoms with van der Waals surface area (Å²) in [5.41, 5.74) is 1.11. The van der Waals surface area contributed by atoms with E-state index in [-0.39, 0.29) is 0 Å². The summed E-state index contributed by atoms with van der Waals surface area (Å²) in [6, 6.07) is 5.87. The molecule has 0 radical (unpaired) electrons. The fourth-order valence-electron chi connectivity index (χ4n) is 2.22. The maximum Gasteiger partial charge on any atom is 0.141 e. The van der Waals surface area contributed by atoms with Crippen LogP contribution in [0.4, 0.5) is 0 Å². The van der Waals surface area contributed by atoms with E-state index >= 15 is 0 Å². The average Bonchev–Trinajstić information content (AvgIpc) is 2.75. The Morgan fingerprint density at radius 1 is 1.31 bits per heavy atom. The van der Waals surface area contributed by atoms with Crippen molar-refractivity contribution in [3.05, 3.63) is 28.8 Å². The first-order chi connectivity index (χ1) is 7.77. The number of quaternary nitrogens is 1. The Bertz CT molecular complexity index is 328. The van der Waals surface area contributed by atoms with Crippen LogP contribution in [0, 0.1) is 6.92 Å². The Morgan fingerprint density at radius 3 is 2.75 bits per heavy atom. The van der Waals surface area contributed by atoms with Crippen molar-refractivity contribution in [2.24, 2.45) is 0 Å². The Balaban J connectivity index is 1.84. The normalized spacial score (nSPS) is 16.6. The van der Waals surface area contributed by atoms with Gasteiger partial charge in [-0.15, -0.1) is 0 Å². The maximum absolute atomic E-state index is 6.09. The number of hydrogen-bond acceptors (Lipinski definition) is 1. The highest BCUT2D eigenvalue weighted by Crippen LogP contribution is 2.27. The molecule has 0 saturated carbocycles. The van der Waals surface area contributed by atoms with Crippen LogP contribution in [0.15, 0.2) is 18.2 Å². The molecule has 1 saturated heterocycles. The minimum absolute atomic E-state index is 0.719. The van der Waals surface area contributed by atoms with Crippen LogP contribution in [-0.4, -0.2) is 26.2 Å². The van der Waals surface area contributed by atoms with E-state index < -0.39 is 0 Å². The number of ether oxygens (including phenoxy) is 1. The van der Waals surface area contributed by atoms with Crippen molar-refractivity contribution in [1.29, 1.82) is 0 Å². The van der Waals surface area contributed by atoms with Crippen LogP contribution in [0.1, 0.15) is 18.4 Å². The summed E-state index contributed by atoms with van der Waals surface area (Å²) < 4.78 is 5.78. The summed E-state index contributed by atoms with van der Waals surface area (Å²) in [6.07, 6.45) is 2.72. The smallest absolute Gasteiger partial charge is 0.141 e. The Labute approximate surface area is 102 Å². The number of aryl methyl sites for hydroxylation is 1. The van der Waals surface area contributed by atoms with Gasteiger partial charge in [0, 0.05) is 12.8 Å². The molecule has 0 aliphatic carbocycles. The Hall–Kier alpha value is -0.730. The molecule has 0 amide bonds.